The molecule has 1 N–H and O–H groups in total. The summed E-state index contributed by atoms with van der Waals surface area (Å²) in [6, 6.07) is 2.76. The molecular formula is C35H46FN5O5S2. The molecule has 0 radical (unpaired) electrons. The van der Waals surface area contributed by atoms with Crippen LogP contribution in [0.1, 0.15) is 79.5 Å². The lowest BCUT2D eigenvalue weighted by Crippen LogP contribution is -2.39. The van der Waals surface area contributed by atoms with E-state index in [1.54, 1.807) is 0 Å². The average Bonchev–Trinajstić information content (AvgIpc) is 3.53. The third kappa shape index (κ3) is 9.08. The highest BCUT2D eigenvalue weighted by Gasteiger charge is 2.33. The highest BCUT2D eigenvalue weighted by molar-refractivity contribution is 7.99. The number of rotatable bonds is 11. The number of halogens is 1. The van der Waals surface area contributed by atoms with E-state index in [0.29, 0.717) is 58.6 Å². The number of carbonyl (C=O) groups excluding carboxylic acids is 2. The summed E-state index contributed by atoms with van der Waals surface area (Å²) in [6.45, 7) is 13.7. The number of aliphatic hydroxyl groups is 1. The second kappa shape index (κ2) is 16.7. The van der Waals surface area contributed by atoms with Gasteiger partial charge in [-0.05, 0) is 42.9 Å². The van der Waals surface area contributed by atoms with Crippen molar-refractivity contribution in [2.24, 2.45) is 21.5 Å². The number of fused-ring (bicyclic) bond motifs is 2. The van der Waals surface area contributed by atoms with Crippen LogP contribution in [0.5, 0.6) is 5.75 Å². The highest BCUT2D eigenvalue weighted by atomic mass is 32.2. The van der Waals surface area contributed by atoms with E-state index in [2.05, 4.69) is 48.1 Å². The molecule has 0 saturated heterocycles. The van der Waals surface area contributed by atoms with Crippen LogP contribution in [0.3, 0.4) is 0 Å². The number of thioether (sulfide) groups is 1. The molecule has 1 aromatic heterocycles. The standard InChI is InChI=1S/C18H17FN4O2S.C17H29NO3S/c1-4-5-22-13-7-12(11(19)6-14(13)25-9-16(22)24)20-17-23-10-18(2,3)8-15(23)21-26-17;1-5-8-14(18-21-6-2)17-15(19)10-13(11-16(17)20)9-12(4)22-7-3/h1,6-7H,5,8-10H2,2-3H3;12-13,19H,5-11H2,1-4H3/b;18-14-. The third-order valence-electron chi connectivity index (χ3n) is 8.15. The summed E-state index contributed by atoms with van der Waals surface area (Å²) in [4.78, 5) is 36.1. The molecule has 3 aliphatic rings. The van der Waals surface area contributed by atoms with E-state index in [4.69, 9.17) is 16.0 Å². The molecule has 1 aliphatic carbocycles. The largest absolute Gasteiger partial charge is 0.511 e. The number of ketones is 1. The van der Waals surface area contributed by atoms with Gasteiger partial charge in [0.15, 0.2) is 18.2 Å². The van der Waals surface area contributed by atoms with Gasteiger partial charge in [0, 0.05) is 48.7 Å². The summed E-state index contributed by atoms with van der Waals surface area (Å²) in [6.07, 6.45) is 9.77. The van der Waals surface area contributed by atoms with E-state index in [9.17, 15) is 19.1 Å². The van der Waals surface area contributed by atoms with E-state index in [-0.39, 0.29) is 47.6 Å². The summed E-state index contributed by atoms with van der Waals surface area (Å²) in [5, 5.41) is 14.9. The molecule has 10 nitrogen and oxygen atoms in total. The fraction of sp³-hybridized carbons (Fsp3) is 0.571. The van der Waals surface area contributed by atoms with Crippen LogP contribution in [0, 0.1) is 29.5 Å². The van der Waals surface area contributed by atoms with Crippen molar-refractivity contribution < 1.29 is 28.7 Å². The van der Waals surface area contributed by atoms with Gasteiger partial charge in [0.25, 0.3) is 5.91 Å². The number of ether oxygens (including phenoxy) is 1. The predicted octanol–water partition coefficient (Wildman–Crippen LogP) is 6.76. The van der Waals surface area contributed by atoms with Crippen LogP contribution in [0.15, 0.2) is 33.6 Å². The molecule has 0 fully saturated rings. The number of nitrogens with zero attached hydrogens (tertiary/aromatic N) is 5. The SMILES string of the molecule is C#CCN1C(=O)COc2cc(F)c(N=c3snc4n3CC(C)(C)C4)cc21.CCC/C(=N/OCC)C1=C(O)CC(CC(C)SCC)CC1=O. The molecule has 1 amide bonds. The first-order valence-corrected chi connectivity index (χ1v) is 18.3. The minimum Gasteiger partial charge on any atom is -0.511 e. The molecule has 3 heterocycles. The van der Waals surface area contributed by atoms with Gasteiger partial charge in [-0.3, -0.25) is 14.5 Å². The van der Waals surface area contributed by atoms with Crippen LogP contribution in [-0.2, 0) is 27.4 Å². The Morgan fingerprint density at radius 1 is 1.31 bits per heavy atom. The lowest BCUT2D eigenvalue weighted by atomic mass is 9.82. The zero-order valence-corrected chi connectivity index (χ0v) is 30.3. The number of benzene rings is 1. The number of terminal acetylenes is 1. The molecule has 0 spiro atoms. The first kappa shape index (κ1) is 37.2. The number of carbonyl (C=O) groups is 2. The van der Waals surface area contributed by atoms with Gasteiger partial charge in [-0.25, -0.2) is 9.38 Å². The molecule has 0 bridgehead atoms. The number of hydrogen-bond donors (Lipinski definition) is 1. The van der Waals surface area contributed by atoms with Gasteiger partial charge in [-0.1, -0.05) is 52.1 Å². The lowest BCUT2D eigenvalue weighted by molar-refractivity contribution is -0.121. The first-order valence-electron chi connectivity index (χ1n) is 16.5. The molecule has 2 aromatic rings. The minimum atomic E-state index is -0.515. The van der Waals surface area contributed by atoms with Gasteiger partial charge >= 0.3 is 0 Å². The second-order valence-electron chi connectivity index (χ2n) is 12.9. The van der Waals surface area contributed by atoms with E-state index < -0.39 is 5.82 Å². The van der Waals surface area contributed by atoms with Crippen molar-refractivity contribution in [3.8, 4) is 18.1 Å². The molecule has 48 heavy (non-hydrogen) atoms. The predicted molar refractivity (Wildman–Crippen MR) is 189 cm³/mol. The smallest absolute Gasteiger partial charge is 0.265 e. The van der Waals surface area contributed by atoms with Gasteiger partial charge in [0.05, 0.1) is 23.5 Å². The summed E-state index contributed by atoms with van der Waals surface area (Å²) in [5.41, 5.74) is 1.68. The number of allylic oxidation sites excluding steroid dienone is 2. The van der Waals surface area contributed by atoms with E-state index in [1.807, 2.05) is 30.2 Å². The average molecular weight is 700 g/mol. The fourth-order valence-corrected chi connectivity index (χ4v) is 7.87. The van der Waals surface area contributed by atoms with Gasteiger partial charge in [0.1, 0.15) is 29.6 Å². The quantitative estimate of drug-likeness (QED) is 0.157. The van der Waals surface area contributed by atoms with Gasteiger partial charge in [0.2, 0.25) is 4.80 Å². The molecule has 1 aromatic carbocycles. The Kier molecular flexibility index (Phi) is 12.9. The molecule has 0 saturated carbocycles. The Balaban J connectivity index is 0.000000221. The Morgan fingerprint density at radius 2 is 2.08 bits per heavy atom. The number of amides is 1. The Labute approximate surface area is 290 Å². The fourth-order valence-electron chi connectivity index (χ4n) is 6.13. The molecule has 5 rings (SSSR count). The van der Waals surface area contributed by atoms with Crippen molar-refractivity contribution in [2.75, 3.05) is 30.4 Å². The van der Waals surface area contributed by atoms with E-state index in [0.717, 1.165) is 37.4 Å². The van der Waals surface area contributed by atoms with Crippen molar-refractivity contribution in [1.82, 2.24) is 8.94 Å². The number of oxime groups is 1. The van der Waals surface area contributed by atoms with Crippen LogP contribution >= 0.6 is 23.3 Å². The van der Waals surface area contributed by atoms with Crippen molar-refractivity contribution in [1.29, 1.82) is 0 Å². The van der Waals surface area contributed by atoms with E-state index >= 15 is 0 Å². The van der Waals surface area contributed by atoms with Gasteiger partial charge in [-0.2, -0.15) is 16.1 Å². The maximum Gasteiger partial charge on any atom is 0.265 e. The number of aromatic nitrogens is 2. The number of aliphatic hydroxyl groups excluding tert-OH is 1. The summed E-state index contributed by atoms with van der Waals surface area (Å²) in [5.74, 6) is 4.44. The maximum absolute atomic E-state index is 14.5. The zero-order chi connectivity index (χ0) is 35.0. The molecular weight excluding hydrogens is 654 g/mol. The number of anilines is 1. The van der Waals surface area contributed by atoms with Crippen LogP contribution in [0.2, 0.25) is 0 Å². The van der Waals surface area contributed by atoms with Crippen LogP contribution in [-0.4, -0.2) is 62.2 Å². The van der Waals surface area contributed by atoms with E-state index in [1.165, 1.54) is 28.6 Å². The first-order chi connectivity index (χ1) is 22.9. The van der Waals surface area contributed by atoms with Crippen LogP contribution in [0.4, 0.5) is 15.8 Å². The van der Waals surface area contributed by atoms with Crippen molar-refractivity contribution in [3.05, 3.63) is 39.9 Å². The van der Waals surface area contributed by atoms with Crippen molar-refractivity contribution in [2.45, 2.75) is 91.9 Å². The highest BCUT2D eigenvalue weighted by Crippen LogP contribution is 2.38. The number of Topliss-reactive ketones (excluding diaryl/α,β-unsaturated/α-hetero) is 1. The van der Waals surface area contributed by atoms with Crippen molar-refractivity contribution >= 4 is 52.1 Å². The maximum atomic E-state index is 14.5. The Bertz CT molecular complexity index is 1670. The summed E-state index contributed by atoms with van der Waals surface area (Å²) < 4.78 is 26.3. The van der Waals surface area contributed by atoms with Crippen LogP contribution < -0.4 is 14.4 Å². The van der Waals surface area contributed by atoms with Gasteiger partial charge < -0.3 is 19.2 Å². The zero-order valence-electron chi connectivity index (χ0n) is 28.7. The lowest BCUT2D eigenvalue weighted by Gasteiger charge is -2.28. The Hall–Kier alpha value is -3.63. The second-order valence-corrected chi connectivity index (χ2v) is 15.3. The molecule has 2 aliphatic heterocycles. The molecule has 260 valence electrons. The topological polar surface area (TPSA) is 119 Å². The Morgan fingerprint density at radius 3 is 2.75 bits per heavy atom. The summed E-state index contributed by atoms with van der Waals surface area (Å²) in [7, 11) is 0. The number of hydrogen-bond acceptors (Lipinski definition) is 10. The molecule has 13 heteroatoms. The molecule has 2 atom stereocenters. The minimum absolute atomic E-state index is 0.00866. The summed E-state index contributed by atoms with van der Waals surface area (Å²) >= 11 is 3.14. The normalized spacial score (nSPS) is 19.6. The third-order valence-corrected chi connectivity index (χ3v) is 10.0. The monoisotopic (exact) mass is 699 g/mol. The van der Waals surface area contributed by atoms with Crippen molar-refractivity contribution in [3.63, 3.8) is 0 Å². The molecule has 2 unspecified atom stereocenters. The van der Waals surface area contributed by atoms with Gasteiger partial charge in [-0.15, -0.1) is 6.42 Å². The van der Waals surface area contributed by atoms with Crippen LogP contribution in [0.25, 0.3) is 0 Å².